The maximum absolute atomic E-state index is 13.4. The molecule has 184 valence electrons. The van der Waals surface area contributed by atoms with Crippen molar-refractivity contribution in [3.63, 3.8) is 0 Å². The minimum absolute atomic E-state index is 0.0709. The number of Topliss-reactive ketones (excluding diaryl/α,β-unsaturated/α-hetero) is 1. The van der Waals surface area contributed by atoms with Gasteiger partial charge in [-0.1, -0.05) is 12.1 Å². The van der Waals surface area contributed by atoms with Gasteiger partial charge in [-0.3, -0.25) is 19.5 Å². The smallest absolute Gasteiger partial charge is 0.270 e. The van der Waals surface area contributed by atoms with Crippen LogP contribution in [0, 0.1) is 6.92 Å². The van der Waals surface area contributed by atoms with E-state index in [0.29, 0.717) is 43.0 Å². The molecule has 2 aliphatic heterocycles. The number of H-pyrrole nitrogens is 1. The van der Waals surface area contributed by atoms with Crippen LogP contribution in [0.5, 0.6) is 0 Å². The molecule has 1 amide bonds. The first-order valence-corrected chi connectivity index (χ1v) is 13.4. The van der Waals surface area contributed by atoms with Gasteiger partial charge in [0.2, 0.25) is 10.0 Å². The molecule has 0 aliphatic carbocycles. The third kappa shape index (κ3) is 4.73. The third-order valence-corrected chi connectivity index (χ3v) is 8.69. The van der Waals surface area contributed by atoms with Crippen LogP contribution >= 0.6 is 0 Å². The summed E-state index contributed by atoms with van der Waals surface area (Å²) in [7, 11) is -3.71. The van der Waals surface area contributed by atoms with Crippen molar-refractivity contribution in [2.75, 3.05) is 45.8 Å². The molecule has 2 aliphatic rings. The normalized spacial score (nSPS) is 17.8. The first kappa shape index (κ1) is 23.7. The third-order valence-electron chi connectivity index (χ3n) is 6.76. The number of amides is 1. The maximum Gasteiger partial charge on any atom is 0.270 e. The first-order valence-electron chi connectivity index (χ1n) is 11.9. The second-order valence-corrected chi connectivity index (χ2v) is 11.2. The number of aryl methyl sites for hydroxylation is 1. The molecule has 0 bridgehead atoms. The number of aromatic nitrogens is 2. The second-order valence-electron chi connectivity index (χ2n) is 9.25. The number of hydrogen-bond donors (Lipinski definition) is 1. The number of sulfonamides is 1. The Hall–Kier alpha value is -3.08. The highest BCUT2D eigenvalue weighted by molar-refractivity contribution is 7.89. The number of pyridine rings is 1. The van der Waals surface area contributed by atoms with Gasteiger partial charge in [0.15, 0.2) is 5.78 Å². The van der Waals surface area contributed by atoms with Crippen LogP contribution in [0.4, 0.5) is 0 Å². The predicted octanol–water partition coefficient (Wildman–Crippen LogP) is 2.30. The summed E-state index contributed by atoms with van der Waals surface area (Å²) in [6, 6.07) is 8.76. The standard InChI is InChI=1S/C25H29N5O4S/c1-18-13-19-5-4-6-23(24(19)27-15-18)35(33,34)30-11-9-28(10-12-30)17-22(31)20-14-21(26-16-20)25(32)29-7-2-3-8-29/h4-6,13-16,26H,2-3,7-12,17H2,1H3. The Labute approximate surface area is 204 Å². The number of likely N-dealkylation sites (tertiary alicyclic amines) is 1. The minimum atomic E-state index is -3.71. The molecular weight excluding hydrogens is 466 g/mol. The number of benzene rings is 1. The van der Waals surface area contributed by atoms with Crippen LogP contribution in [-0.4, -0.2) is 90.0 Å². The van der Waals surface area contributed by atoms with Gasteiger partial charge in [-0.25, -0.2) is 8.42 Å². The number of nitrogens with one attached hydrogen (secondary N) is 1. The van der Waals surface area contributed by atoms with Gasteiger partial charge in [-0.15, -0.1) is 0 Å². The molecule has 2 fully saturated rings. The van der Waals surface area contributed by atoms with Crippen LogP contribution in [0.2, 0.25) is 0 Å². The van der Waals surface area contributed by atoms with Gasteiger partial charge in [-0.05, 0) is 43.5 Å². The average molecular weight is 496 g/mol. The van der Waals surface area contributed by atoms with Crippen LogP contribution in [0.25, 0.3) is 10.9 Å². The molecule has 0 radical (unpaired) electrons. The van der Waals surface area contributed by atoms with Gasteiger partial charge in [-0.2, -0.15) is 4.31 Å². The number of carbonyl (C=O) groups excluding carboxylic acids is 2. The first-order chi connectivity index (χ1) is 16.8. The van der Waals surface area contributed by atoms with Crippen molar-refractivity contribution in [2.24, 2.45) is 0 Å². The number of carbonyl (C=O) groups is 2. The van der Waals surface area contributed by atoms with Crippen molar-refractivity contribution in [3.8, 4) is 0 Å². The largest absolute Gasteiger partial charge is 0.356 e. The average Bonchev–Trinajstić information content (AvgIpc) is 3.56. The van der Waals surface area contributed by atoms with E-state index in [0.717, 1.165) is 36.9 Å². The predicted molar refractivity (Wildman–Crippen MR) is 132 cm³/mol. The number of fused-ring (bicyclic) bond motifs is 1. The van der Waals surface area contributed by atoms with Gasteiger partial charge in [0.05, 0.1) is 12.1 Å². The highest BCUT2D eigenvalue weighted by Gasteiger charge is 2.31. The van der Waals surface area contributed by atoms with E-state index in [2.05, 4.69) is 9.97 Å². The van der Waals surface area contributed by atoms with Crippen molar-refractivity contribution in [3.05, 3.63) is 59.5 Å². The lowest BCUT2D eigenvalue weighted by atomic mass is 10.2. The summed E-state index contributed by atoms with van der Waals surface area (Å²) in [5.41, 5.74) is 2.35. The SMILES string of the molecule is Cc1cnc2c(S(=O)(=O)N3CCN(CC(=O)c4c[nH]c(C(=O)N5CCCC5)c4)CC3)cccc2c1. The van der Waals surface area contributed by atoms with Crippen LogP contribution in [0.15, 0.2) is 47.6 Å². The Balaban J connectivity index is 1.22. The molecule has 9 nitrogen and oxygen atoms in total. The Kier molecular flexibility index (Phi) is 6.43. The summed E-state index contributed by atoms with van der Waals surface area (Å²) in [5.74, 6) is -0.162. The van der Waals surface area contributed by atoms with Crippen LogP contribution in [0.3, 0.4) is 0 Å². The van der Waals surface area contributed by atoms with E-state index in [1.165, 1.54) is 4.31 Å². The van der Waals surface area contributed by atoms with E-state index < -0.39 is 10.0 Å². The fourth-order valence-electron chi connectivity index (χ4n) is 4.78. The molecule has 35 heavy (non-hydrogen) atoms. The summed E-state index contributed by atoms with van der Waals surface area (Å²) in [5, 5.41) is 0.796. The van der Waals surface area contributed by atoms with E-state index in [9.17, 15) is 18.0 Å². The number of hydrogen-bond acceptors (Lipinski definition) is 6. The van der Waals surface area contributed by atoms with Crippen LogP contribution in [-0.2, 0) is 10.0 Å². The Morgan fingerprint density at radius 1 is 1.03 bits per heavy atom. The Morgan fingerprint density at radius 2 is 1.77 bits per heavy atom. The zero-order valence-corrected chi connectivity index (χ0v) is 20.6. The number of piperazine rings is 1. The Morgan fingerprint density at radius 3 is 2.51 bits per heavy atom. The molecule has 0 unspecified atom stereocenters. The van der Waals surface area contributed by atoms with E-state index in [1.54, 1.807) is 35.5 Å². The van der Waals surface area contributed by atoms with Crippen molar-refractivity contribution >= 4 is 32.6 Å². The highest BCUT2D eigenvalue weighted by Crippen LogP contribution is 2.25. The molecule has 2 saturated heterocycles. The molecule has 0 atom stereocenters. The molecule has 10 heteroatoms. The minimum Gasteiger partial charge on any atom is -0.356 e. The molecule has 1 N–H and O–H groups in total. The number of para-hydroxylation sites is 1. The number of nitrogens with zero attached hydrogens (tertiary/aromatic N) is 4. The van der Waals surface area contributed by atoms with Gasteiger partial charge in [0.25, 0.3) is 5.91 Å². The lowest BCUT2D eigenvalue weighted by molar-refractivity contribution is 0.0787. The zero-order chi connectivity index (χ0) is 24.6. The number of ketones is 1. The molecular formula is C25H29N5O4S. The molecule has 5 rings (SSSR count). The molecule has 0 spiro atoms. The second kappa shape index (κ2) is 9.52. The molecule has 1 aromatic carbocycles. The summed E-state index contributed by atoms with van der Waals surface area (Å²) in [4.78, 5) is 36.6. The van der Waals surface area contributed by atoms with Crippen molar-refractivity contribution in [2.45, 2.75) is 24.7 Å². The summed E-state index contributed by atoms with van der Waals surface area (Å²) >= 11 is 0. The van der Waals surface area contributed by atoms with E-state index in [1.807, 2.05) is 24.0 Å². The van der Waals surface area contributed by atoms with E-state index in [-0.39, 0.29) is 23.1 Å². The monoisotopic (exact) mass is 495 g/mol. The van der Waals surface area contributed by atoms with Crippen LogP contribution in [0.1, 0.15) is 39.3 Å². The maximum atomic E-state index is 13.4. The van der Waals surface area contributed by atoms with Gasteiger partial charge >= 0.3 is 0 Å². The van der Waals surface area contributed by atoms with Crippen molar-refractivity contribution < 1.29 is 18.0 Å². The van der Waals surface area contributed by atoms with E-state index in [4.69, 9.17) is 0 Å². The topological polar surface area (TPSA) is 107 Å². The van der Waals surface area contributed by atoms with Crippen molar-refractivity contribution in [1.29, 1.82) is 0 Å². The molecule has 4 heterocycles. The van der Waals surface area contributed by atoms with E-state index >= 15 is 0 Å². The fourth-order valence-corrected chi connectivity index (χ4v) is 6.37. The quantitative estimate of drug-likeness (QED) is 0.526. The fraction of sp³-hybridized carbons (Fsp3) is 0.400. The number of aromatic amines is 1. The summed E-state index contributed by atoms with van der Waals surface area (Å²) in [6.07, 6.45) is 5.28. The molecule has 3 aromatic rings. The lowest BCUT2D eigenvalue weighted by Gasteiger charge is -2.33. The zero-order valence-electron chi connectivity index (χ0n) is 19.7. The Bertz CT molecular complexity index is 1370. The summed E-state index contributed by atoms with van der Waals surface area (Å²) < 4.78 is 28.2. The molecule has 2 aromatic heterocycles. The molecule has 0 saturated carbocycles. The highest BCUT2D eigenvalue weighted by atomic mass is 32.2. The van der Waals surface area contributed by atoms with Gasteiger partial charge in [0.1, 0.15) is 10.6 Å². The summed E-state index contributed by atoms with van der Waals surface area (Å²) in [6.45, 7) is 5.10. The van der Waals surface area contributed by atoms with Crippen LogP contribution < -0.4 is 0 Å². The lowest BCUT2D eigenvalue weighted by Crippen LogP contribution is -2.49. The van der Waals surface area contributed by atoms with Gasteiger partial charge < -0.3 is 9.88 Å². The number of rotatable bonds is 6. The van der Waals surface area contributed by atoms with Crippen molar-refractivity contribution in [1.82, 2.24) is 24.1 Å². The van der Waals surface area contributed by atoms with Gasteiger partial charge in [0, 0.05) is 62.6 Å².